The molecule has 26 heavy (non-hydrogen) atoms. The predicted molar refractivity (Wildman–Crippen MR) is 103 cm³/mol. The van der Waals surface area contributed by atoms with Crippen LogP contribution in [0.5, 0.6) is 5.75 Å². The molecule has 2 rings (SSSR count). The van der Waals surface area contributed by atoms with Crippen LogP contribution in [0.2, 0.25) is 5.02 Å². The first-order valence-corrected chi connectivity index (χ1v) is 9.90. The third-order valence-electron chi connectivity index (χ3n) is 3.90. The fourth-order valence-corrected chi connectivity index (χ4v) is 3.67. The van der Waals surface area contributed by atoms with Gasteiger partial charge < -0.3 is 10.1 Å². The first-order valence-electron chi connectivity index (χ1n) is 8.04. The number of nitrogens with one attached hydrogen (secondary N) is 2. The van der Waals surface area contributed by atoms with Gasteiger partial charge >= 0.3 is 0 Å². The highest BCUT2D eigenvalue weighted by Crippen LogP contribution is 2.31. The van der Waals surface area contributed by atoms with Crippen LogP contribution in [-0.2, 0) is 14.8 Å². The summed E-state index contributed by atoms with van der Waals surface area (Å²) >= 11 is 6.03. The lowest BCUT2D eigenvalue weighted by atomic mass is 10.1. The second-order valence-electron chi connectivity index (χ2n) is 5.75. The number of benzene rings is 2. The molecule has 0 heterocycles. The van der Waals surface area contributed by atoms with Crippen LogP contribution in [0.4, 0.5) is 11.4 Å². The largest absolute Gasteiger partial charge is 0.495 e. The van der Waals surface area contributed by atoms with Gasteiger partial charge in [0.25, 0.3) is 10.0 Å². The Balaban J connectivity index is 2.38. The SMILES string of the molecule is CC[C@H](C)C(=O)Nc1ccc(OC)c(S(=O)(=O)Nc2ccccc2Cl)c1. The van der Waals surface area contributed by atoms with Gasteiger partial charge in [-0.2, -0.15) is 0 Å². The van der Waals surface area contributed by atoms with E-state index in [1.165, 1.54) is 19.2 Å². The van der Waals surface area contributed by atoms with Crippen molar-refractivity contribution in [1.29, 1.82) is 0 Å². The van der Waals surface area contributed by atoms with Crippen molar-refractivity contribution in [2.45, 2.75) is 25.2 Å². The molecule has 0 bridgehead atoms. The second kappa shape index (κ2) is 8.42. The van der Waals surface area contributed by atoms with Crippen LogP contribution in [0.15, 0.2) is 47.4 Å². The zero-order chi connectivity index (χ0) is 19.3. The molecule has 0 spiro atoms. The average Bonchev–Trinajstić information content (AvgIpc) is 2.62. The molecule has 1 amide bonds. The Hall–Kier alpha value is -2.25. The molecule has 0 aliphatic rings. The Kier molecular flexibility index (Phi) is 6.50. The Labute approximate surface area is 158 Å². The zero-order valence-corrected chi connectivity index (χ0v) is 16.3. The van der Waals surface area contributed by atoms with Crippen LogP contribution in [0.1, 0.15) is 20.3 Å². The van der Waals surface area contributed by atoms with E-state index in [1.54, 1.807) is 37.3 Å². The number of rotatable bonds is 7. The number of amides is 1. The minimum atomic E-state index is -3.97. The molecule has 0 aliphatic carbocycles. The lowest BCUT2D eigenvalue weighted by Crippen LogP contribution is -2.20. The van der Waals surface area contributed by atoms with Crippen molar-refractivity contribution in [1.82, 2.24) is 0 Å². The number of carbonyl (C=O) groups excluding carboxylic acids is 1. The molecule has 0 radical (unpaired) electrons. The highest BCUT2D eigenvalue weighted by atomic mass is 35.5. The van der Waals surface area contributed by atoms with E-state index in [0.29, 0.717) is 12.1 Å². The Morgan fingerprint density at radius 3 is 2.54 bits per heavy atom. The monoisotopic (exact) mass is 396 g/mol. The molecule has 0 aromatic heterocycles. The summed E-state index contributed by atoms with van der Waals surface area (Å²) in [6, 6.07) is 11.0. The standard InChI is InChI=1S/C18H21ClN2O4S/c1-4-12(2)18(22)20-13-9-10-16(25-3)17(11-13)26(23,24)21-15-8-6-5-7-14(15)19/h5-12,21H,4H2,1-3H3,(H,20,22)/t12-/m0/s1. The van der Waals surface area contributed by atoms with Gasteiger partial charge in [0.15, 0.2) is 0 Å². The van der Waals surface area contributed by atoms with E-state index in [2.05, 4.69) is 10.0 Å². The van der Waals surface area contributed by atoms with E-state index in [0.717, 1.165) is 0 Å². The van der Waals surface area contributed by atoms with Crippen molar-refractivity contribution < 1.29 is 17.9 Å². The van der Waals surface area contributed by atoms with Crippen molar-refractivity contribution >= 4 is 38.9 Å². The van der Waals surface area contributed by atoms with Crippen LogP contribution >= 0.6 is 11.6 Å². The number of hydrogen-bond donors (Lipinski definition) is 2. The van der Waals surface area contributed by atoms with E-state index in [9.17, 15) is 13.2 Å². The van der Waals surface area contributed by atoms with E-state index in [1.807, 2.05) is 6.92 Å². The predicted octanol–water partition coefficient (Wildman–Crippen LogP) is 4.13. The minimum Gasteiger partial charge on any atom is -0.495 e. The number of halogens is 1. The number of carbonyl (C=O) groups is 1. The summed E-state index contributed by atoms with van der Waals surface area (Å²) < 4.78 is 33.2. The molecule has 1 atom stereocenters. The van der Waals surface area contributed by atoms with Gasteiger partial charge in [-0.05, 0) is 36.8 Å². The Morgan fingerprint density at radius 1 is 1.23 bits per heavy atom. The quantitative estimate of drug-likeness (QED) is 0.736. The summed E-state index contributed by atoms with van der Waals surface area (Å²) in [6.07, 6.45) is 0.682. The van der Waals surface area contributed by atoms with Gasteiger partial charge in [0.1, 0.15) is 10.6 Å². The summed E-state index contributed by atoms with van der Waals surface area (Å²) in [5.74, 6) is -0.204. The molecule has 0 saturated carbocycles. The first-order chi connectivity index (χ1) is 12.3. The van der Waals surface area contributed by atoms with Crippen molar-refractivity contribution in [2.24, 2.45) is 5.92 Å². The van der Waals surface area contributed by atoms with Gasteiger partial charge in [0, 0.05) is 11.6 Å². The molecule has 0 unspecified atom stereocenters. The molecule has 0 aliphatic heterocycles. The normalized spacial score (nSPS) is 12.3. The number of hydrogen-bond acceptors (Lipinski definition) is 4. The van der Waals surface area contributed by atoms with Gasteiger partial charge in [0.2, 0.25) is 5.91 Å². The van der Waals surface area contributed by atoms with Gasteiger partial charge in [-0.15, -0.1) is 0 Å². The van der Waals surface area contributed by atoms with Crippen LogP contribution in [0, 0.1) is 5.92 Å². The van der Waals surface area contributed by atoms with Crippen molar-refractivity contribution in [2.75, 3.05) is 17.1 Å². The van der Waals surface area contributed by atoms with E-state index in [-0.39, 0.29) is 33.2 Å². The number of methoxy groups -OCH3 is 1. The maximum Gasteiger partial charge on any atom is 0.265 e. The summed E-state index contributed by atoms with van der Waals surface area (Å²) in [7, 11) is -2.60. The van der Waals surface area contributed by atoms with E-state index in [4.69, 9.17) is 16.3 Å². The van der Waals surface area contributed by atoms with Gasteiger partial charge in [-0.1, -0.05) is 37.6 Å². The molecule has 2 aromatic rings. The molecular formula is C18H21ClN2O4S. The number of sulfonamides is 1. The third kappa shape index (κ3) is 4.68. The summed E-state index contributed by atoms with van der Waals surface area (Å²) in [5.41, 5.74) is 0.626. The smallest absolute Gasteiger partial charge is 0.265 e. The molecule has 6 nitrogen and oxygen atoms in total. The van der Waals surface area contributed by atoms with Crippen molar-refractivity contribution in [3.8, 4) is 5.75 Å². The van der Waals surface area contributed by atoms with Crippen molar-refractivity contribution in [3.05, 3.63) is 47.5 Å². The molecule has 2 aromatic carbocycles. The number of ether oxygens (including phenoxy) is 1. The highest BCUT2D eigenvalue weighted by Gasteiger charge is 2.22. The van der Waals surface area contributed by atoms with Gasteiger partial charge in [0.05, 0.1) is 17.8 Å². The van der Waals surface area contributed by atoms with Gasteiger partial charge in [-0.25, -0.2) is 8.42 Å². The van der Waals surface area contributed by atoms with Gasteiger partial charge in [-0.3, -0.25) is 9.52 Å². The fraction of sp³-hybridized carbons (Fsp3) is 0.278. The first kappa shape index (κ1) is 20.1. The maximum absolute atomic E-state index is 12.8. The summed E-state index contributed by atoms with van der Waals surface area (Å²) in [5, 5.41) is 2.99. The molecule has 8 heteroatoms. The number of para-hydroxylation sites is 1. The number of anilines is 2. The molecule has 2 N–H and O–H groups in total. The van der Waals surface area contributed by atoms with Crippen LogP contribution in [0.3, 0.4) is 0 Å². The van der Waals surface area contributed by atoms with Crippen LogP contribution in [0.25, 0.3) is 0 Å². The Bertz CT molecular complexity index is 900. The lowest BCUT2D eigenvalue weighted by molar-refractivity contribution is -0.119. The molecule has 0 fully saturated rings. The fourth-order valence-electron chi connectivity index (χ4n) is 2.16. The highest BCUT2D eigenvalue weighted by molar-refractivity contribution is 7.92. The van der Waals surface area contributed by atoms with Crippen LogP contribution in [-0.4, -0.2) is 21.4 Å². The van der Waals surface area contributed by atoms with E-state index < -0.39 is 10.0 Å². The van der Waals surface area contributed by atoms with E-state index >= 15 is 0 Å². The molecule has 0 saturated heterocycles. The topological polar surface area (TPSA) is 84.5 Å². The summed E-state index contributed by atoms with van der Waals surface area (Å²) in [4.78, 5) is 12.0. The minimum absolute atomic E-state index is 0.0955. The molecular weight excluding hydrogens is 376 g/mol. The second-order valence-corrected chi connectivity index (χ2v) is 7.81. The average molecular weight is 397 g/mol. The van der Waals surface area contributed by atoms with Crippen LogP contribution < -0.4 is 14.8 Å². The third-order valence-corrected chi connectivity index (χ3v) is 5.62. The van der Waals surface area contributed by atoms with Crippen molar-refractivity contribution in [3.63, 3.8) is 0 Å². The molecule has 140 valence electrons. The maximum atomic E-state index is 12.8. The lowest BCUT2D eigenvalue weighted by Gasteiger charge is -2.15. The summed E-state index contributed by atoms with van der Waals surface area (Å²) in [6.45, 7) is 3.71. The zero-order valence-electron chi connectivity index (χ0n) is 14.7. The Morgan fingerprint density at radius 2 is 1.92 bits per heavy atom.